The molecule has 0 unspecified atom stereocenters. The van der Waals surface area contributed by atoms with Crippen molar-refractivity contribution < 1.29 is 14.1 Å². The van der Waals surface area contributed by atoms with Crippen LogP contribution in [0.25, 0.3) is 10.7 Å². The van der Waals surface area contributed by atoms with E-state index in [0.29, 0.717) is 29.6 Å². The zero-order chi connectivity index (χ0) is 16.8. The number of rotatable bonds is 7. The van der Waals surface area contributed by atoms with Crippen molar-refractivity contribution in [1.29, 1.82) is 0 Å². The molecule has 6 nitrogen and oxygen atoms in total. The first kappa shape index (κ1) is 15.9. The SMILES string of the molecule is C=CCOc1ccc(C(=O)NCc2nc(-c3cccs3)no2)cc1. The molecule has 0 atom stereocenters. The summed E-state index contributed by atoms with van der Waals surface area (Å²) in [5, 5.41) is 8.59. The number of nitrogens with zero attached hydrogens (tertiary/aromatic N) is 2. The second kappa shape index (κ2) is 7.56. The number of aromatic nitrogens is 2. The molecule has 0 saturated heterocycles. The summed E-state index contributed by atoms with van der Waals surface area (Å²) in [5.74, 6) is 1.35. The van der Waals surface area contributed by atoms with E-state index in [1.54, 1.807) is 30.3 Å². The Bertz CT molecular complexity index is 810. The van der Waals surface area contributed by atoms with E-state index in [0.717, 1.165) is 4.88 Å². The maximum absolute atomic E-state index is 12.1. The molecule has 1 N–H and O–H groups in total. The van der Waals surface area contributed by atoms with Crippen molar-refractivity contribution in [3.05, 3.63) is 65.9 Å². The number of carbonyl (C=O) groups is 1. The van der Waals surface area contributed by atoms with E-state index in [-0.39, 0.29) is 12.5 Å². The van der Waals surface area contributed by atoms with E-state index in [1.165, 1.54) is 11.3 Å². The third-order valence-corrected chi connectivity index (χ3v) is 3.96. The van der Waals surface area contributed by atoms with Crippen LogP contribution in [0.1, 0.15) is 16.2 Å². The highest BCUT2D eigenvalue weighted by molar-refractivity contribution is 7.13. The van der Waals surface area contributed by atoms with Gasteiger partial charge in [-0.05, 0) is 35.7 Å². The molecule has 0 aliphatic rings. The van der Waals surface area contributed by atoms with Gasteiger partial charge >= 0.3 is 0 Å². The highest BCUT2D eigenvalue weighted by Gasteiger charge is 2.11. The monoisotopic (exact) mass is 341 g/mol. The zero-order valence-electron chi connectivity index (χ0n) is 12.8. The standard InChI is InChI=1S/C17H15N3O3S/c1-2-9-22-13-7-5-12(6-8-13)17(21)18-11-15-19-16(20-23-15)14-4-3-10-24-14/h2-8,10H,1,9,11H2,(H,18,21). The number of nitrogens with one attached hydrogen (secondary N) is 1. The maximum atomic E-state index is 12.1. The van der Waals surface area contributed by atoms with Gasteiger partial charge in [-0.2, -0.15) is 4.98 Å². The van der Waals surface area contributed by atoms with Crippen LogP contribution in [0.5, 0.6) is 5.75 Å². The summed E-state index contributed by atoms with van der Waals surface area (Å²) in [6, 6.07) is 10.7. The second-order valence-electron chi connectivity index (χ2n) is 4.80. The van der Waals surface area contributed by atoms with Crippen LogP contribution in [0.4, 0.5) is 0 Å². The summed E-state index contributed by atoms with van der Waals surface area (Å²) in [6.45, 7) is 4.18. The Morgan fingerprint density at radius 1 is 1.33 bits per heavy atom. The van der Waals surface area contributed by atoms with Gasteiger partial charge in [0.15, 0.2) is 0 Å². The first-order valence-corrected chi connectivity index (χ1v) is 8.12. The molecule has 24 heavy (non-hydrogen) atoms. The number of ether oxygens (including phenoxy) is 1. The number of hydrogen-bond acceptors (Lipinski definition) is 6. The molecule has 0 fully saturated rings. The fourth-order valence-electron chi connectivity index (χ4n) is 1.95. The third-order valence-electron chi connectivity index (χ3n) is 3.09. The summed E-state index contributed by atoms with van der Waals surface area (Å²) >= 11 is 1.53. The van der Waals surface area contributed by atoms with Crippen molar-refractivity contribution in [3.8, 4) is 16.5 Å². The van der Waals surface area contributed by atoms with Gasteiger partial charge in [0.05, 0.1) is 11.4 Å². The molecule has 122 valence electrons. The van der Waals surface area contributed by atoms with Crippen LogP contribution in [-0.4, -0.2) is 22.7 Å². The Morgan fingerprint density at radius 3 is 2.88 bits per heavy atom. The van der Waals surface area contributed by atoms with Gasteiger partial charge in [-0.15, -0.1) is 11.3 Å². The Hall–Kier alpha value is -2.93. The van der Waals surface area contributed by atoms with Gasteiger partial charge in [-0.3, -0.25) is 4.79 Å². The molecule has 3 aromatic rings. The largest absolute Gasteiger partial charge is 0.490 e. The van der Waals surface area contributed by atoms with Crippen LogP contribution in [0.15, 0.2) is 59.0 Å². The summed E-state index contributed by atoms with van der Waals surface area (Å²) in [7, 11) is 0. The van der Waals surface area contributed by atoms with Gasteiger partial charge in [0.1, 0.15) is 12.4 Å². The van der Waals surface area contributed by atoms with E-state index in [1.807, 2.05) is 17.5 Å². The van der Waals surface area contributed by atoms with Crippen LogP contribution >= 0.6 is 11.3 Å². The first-order chi connectivity index (χ1) is 11.8. The molecule has 2 aromatic heterocycles. The average Bonchev–Trinajstić information content (AvgIpc) is 3.29. The molecule has 2 heterocycles. The van der Waals surface area contributed by atoms with Crippen LogP contribution in [0.3, 0.4) is 0 Å². The van der Waals surface area contributed by atoms with E-state index < -0.39 is 0 Å². The minimum atomic E-state index is -0.221. The smallest absolute Gasteiger partial charge is 0.251 e. The van der Waals surface area contributed by atoms with Crippen molar-refractivity contribution in [1.82, 2.24) is 15.5 Å². The van der Waals surface area contributed by atoms with Crippen LogP contribution in [0, 0.1) is 0 Å². The lowest BCUT2D eigenvalue weighted by Crippen LogP contribution is -2.22. The van der Waals surface area contributed by atoms with Gasteiger partial charge in [-0.25, -0.2) is 0 Å². The molecule has 0 aliphatic heterocycles. The minimum absolute atomic E-state index is 0.173. The van der Waals surface area contributed by atoms with Gasteiger partial charge in [-0.1, -0.05) is 23.9 Å². The van der Waals surface area contributed by atoms with Crippen LogP contribution in [0.2, 0.25) is 0 Å². The number of benzene rings is 1. The zero-order valence-corrected chi connectivity index (χ0v) is 13.6. The van der Waals surface area contributed by atoms with Crippen molar-refractivity contribution in [2.24, 2.45) is 0 Å². The average molecular weight is 341 g/mol. The predicted octanol–water partition coefficient (Wildman–Crippen LogP) is 3.29. The molecule has 0 bridgehead atoms. The van der Waals surface area contributed by atoms with Gasteiger partial charge < -0.3 is 14.6 Å². The Kier molecular flexibility index (Phi) is 5.02. The Balaban J connectivity index is 1.56. The Morgan fingerprint density at radius 2 is 2.17 bits per heavy atom. The molecule has 7 heteroatoms. The molecule has 0 saturated carbocycles. The fraction of sp³-hybridized carbons (Fsp3) is 0.118. The number of thiophene rings is 1. The molecule has 0 radical (unpaired) electrons. The van der Waals surface area contributed by atoms with Crippen LogP contribution in [-0.2, 0) is 6.54 Å². The molecule has 0 aliphatic carbocycles. The topological polar surface area (TPSA) is 77.2 Å². The quantitative estimate of drug-likeness (QED) is 0.667. The van der Waals surface area contributed by atoms with E-state index in [2.05, 4.69) is 22.0 Å². The lowest BCUT2D eigenvalue weighted by Gasteiger charge is -2.05. The lowest BCUT2D eigenvalue weighted by atomic mass is 10.2. The third kappa shape index (κ3) is 3.88. The van der Waals surface area contributed by atoms with Gasteiger partial charge in [0.2, 0.25) is 11.7 Å². The molecular weight excluding hydrogens is 326 g/mol. The van der Waals surface area contributed by atoms with Crippen molar-refractivity contribution in [2.75, 3.05) is 6.61 Å². The molecule has 1 aromatic carbocycles. The van der Waals surface area contributed by atoms with Gasteiger partial charge in [0, 0.05) is 5.56 Å². The molecule has 0 spiro atoms. The number of hydrogen-bond donors (Lipinski definition) is 1. The first-order valence-electron chi connectivity index (χ1n) is 7.24. The predicted molar refractivity (Wildman–Crippen MR) is 90.9 cm³/mol. The van der Waals surface area contributed by atoms with E-state index in [9.17, 15) is 4.79 Å². The minimum Gasteiger partial charge on any atom is -0.490 e. The lowest BCUT2D eigenvalue weighted by molar-refractivity contribution is 0.0946. The number of carbonyl (C=O) groups excluding carboxylic acids is 1. The molecule has 3 rings (SSSR count). The van der Waals surface area contributed by atoms with E-state index in [4.69, 9.17) is 9.26 Å². The summed E-state index contributed by atoms with van der Waals surface area (Å²) in [6.07, 6.45) is 1.66. The molecule has 1 amide bonds. The normalized spacial score (nSPS) is 10.3. The van der Waals surface area contributed by atoms with Crippen molar-refractivity contribution in [2.45, 2.75) is 6.54 Å². The second-order valence-corrected chi connectivity index (χ2v) is 5.74. The fourth-order valence-corrected chi connectivity index (χ4v) is 2.60. The van der Waals surface area contributed by atoms with E-state index >= 15 is 0 Å². The summed E-state index contributed by atoms with van der Waals surface area (Å²) in [5.41, 5.74) is 0.527. The highest BCUT2D eigenvalue weighted by Crippen LogP contribution is 2.21. The van der Waals surface area contributed by atoms with Crippen molar-refractivity contribution >= 4 is 17.2 Å². The van der Waals surface area contributed by atoms with Crippen LogP contribution < -0.4 is 10.1 Å². The summed E-state index contributed by atoms with van der Waals surface area (Å²) < 4.78 is 10.5. The van der Waals surface area contributed by atoms with Crippen molar-refractivity contribution in [3.63, 3.8) is 0 Å². The Labute approximate surface area is 142 Å². The summed E-state index contributed by atoms with van der Waals surface area (Å²) in [4.78, 5) is 17.3. The maximum Gasteiger partial charge on any atom is 0.251 e. The molecular formula is C17H15N3O3S. The van der Waals surface area contributed by atoms with Gasteiger partial charge in [0.25, 0.3) is 5.91 Å². The number of amides is 1. The highest BCUT2D eigenvalue weighted by atomic mass is 32.1.